The molecule has 1 saturated carbocycles. The third kappa shape index (κ3) is 4.87. The summed E-state index contributed by atoms with van der Waals surface area (Å²) in [6.07, 6.45) is 6.69. The zero-order chi connectivity index (χ0) is 18.5. The van der Waals surface area contributed by atoms with Crippen molar-refractivity contribution in [2.24, 2.45) is 5.92 Å². The van der Waals surface area contributed by atoms with Crippen molar-refractivity contribution in [2.75, 3.05) is 31.2 Å². The number of hydrogen-bond donors (Lipinski definition) is 1. The molecule has 0 aromatic carbocycles. The molecule has 1 aliphatic heterocycles. The Morgan fingerprint density at radius 2 is 2.12 bits per heavy atom. The average molecular weight is 361 g/mol. The molecule has 1 aromatic heterocycles. The van der Waals surface area contributed by atoms with Crippen molar-refractivity contribution in [3.63, 3.8) is 0 Å². The number of ether oxygens (including phenoxy) is 2. The lowest BCUT2D eigenvalue weighted by Gasteiger charge is -2.35. The van der Waals surface area contributed by atoms with Crippen LogP contribution in [0.1, 0.15) is 45.1 Å². The van der Waals surface area contributed by atoms with Crippen molar-refractivity contribution < 1.29 is 14.3 Å². The first-order valence-corrected chi connectivity index (χ1v) is 9.75. The number of rotatable bonds is 8. The number of hydrogen-bond acceptors (Lipinski definition) is 5. The standard InChI is InChI=1S/C20H31N3O3/c1-14(22-16(3)24)12-25-18-10-17(11-18)13-26-20-15(2)19(6-7-21-20)23-8-4-5-9-23/h6-7,14,17-18H,4-5,8-13H2,1-3H3,(H,22,24)/t14-,17?,18?/m0/s1. The van der Waals surface area contributed by atoms with Gasteiger partial charge in [-0.3, -0.25) is 4.79 Å². The Kier molecular flexibility index (Phi) is 6.35. The SMILES string of the molecule is CC(=O)N[C@@H](C)COC1CC(COc2nccc(N3CCCC3)c2C)C1. The number of carbonyl (C=O) groups is 1. The maximum absolute atomic E-state index is 11.0. The van der Waals surface area contributed by atoms with Gasteiger partial charge < -0.3 is 19.7 Å². The van der Waals surface area contributed by atoms with Crippen LogP contribution in [0.25, 0.3) is 0 Å². The lowest BCUT2D eigenvalue weighted by molar-refractivity contribution is -0.120. The predicted molar refractivity (Wildman–Crippen MR) is 102 cm³/mol. The molecule has 6 heteroatoms. The minimum atomic E-state index is -0.0139. The smallest absolute Gasteiger partial charge is 0.218 e. The van der Waals surface area contributed by atoms with E-state index in [9.17, 15) is 4.79 Å². The highest BCUT2D eigenvalue weighted by molar-refractivity contribution is 5.73. The second-order valence-corrected chi connectivity index (χ2v) is 7.66. The molecule has 1 aromatic rings. The van der Waals surface area contributed by atoms with Crippen LogP contribution in [0.2, 0.25) is 0 Å². The molecule has 6 nitrogen and oxygen atoms in total. The van der Waals surface area contributed by atoms with Crippen LogP contribution in [0.4, 0.5) is 5.69 Å². The fourth-order valence-corrected chi connectivity index (χ4v) is 3.77. The lowest BCUT2D eigenvalue weighted by Crippen LogP contribution is -2.40. The van der Waals surface area contributed by atoms with Crippen molar-refractivity contribution >= 4 is 11.6 Å². The van der Waals surface area contributed by atoms with Gasteiger partial charge in [0, 0.05) is 43.5 Å². The molecule has 2 aliphatic rings. The van der Waals surface area contributed by atoms with E-state index in [0.29, 0.717) is 19.1 Å². The van der Waals surface area contributed by atoms with Crippen LogP contribution in [0, 0.1) is 12.8 Å². The molecule has 0 spiro atoms. The average Bonchev–Trinajstić information content (AvgIpc) is 3.07. The Morgan fingerprint density at radius 1 is 1.38 bits per heavy atom. The van der Waals surface area contributed by atoms with Crippen LogP contribution in [-0.4, -0.2) is 49.3 Å². The normalized spacial score (nSPS) is 23.4. The van der Waals surface area contributed by atoms with E-state index >= 15 is 0 Å². The van der Waals surface area contributed by atoms with E-state index in [1.807, 2.05) is 13.1 Å². The van der Waals surface area contributed by atoms with E-state index in [4.69, 9.17) is 9.47 Å². The molecule has 2 fully saturated rings. The molecule has 1 saturated heterocycles. The molecule has 1 aliphatic carbocycles. The minimum absolute atomic E-state index is 0.0139. The quantitative estimate of drug-likeness (QED) is 0.771. The van der Waals surface area contributed by atoms with Crippen LogP contribution in [0.3, 0.4) is 0 Å². The molecule has 144 valence electrons. The van der Waals surface area contributed by atoms with Crippen molar-refractivity contribution in [3.8, 4) is 5.88 Å². The Balaban J connectivity index is 1.39. The predicted octanol–water partition coefficient (Wildman–Crippen LogP) is 2.69. The summed E-state index contributed by atoms with van der Waals surface area (Å²) in [5.74, 6) is 1.27. The van der Waals surface area contributed by atoms with E-state index in [2.05, 4.69) is 28.2 Å². The van der Waals surface area contributed by atoms with Gasteiger partial charge in [-0.25, -0.2) is 4.98 Å². The van der Waals surface area contributed by atoms with Crippen LogP contribution in [0.5, 0.6) is 5.88 Å². The van der Waals surface area contributed by atoms with E-state index in [1.165, 1.54) is 25.5 Å². The second kappa shape index (κ2) is 8.71. The highest BCUT2D eigenvalue weighted by Crippen LogP contribution is 2.33. The van der Waals surface area contributed by atoms with E-state index in [-0.39, 0.29) is 18.1 Å². The number of aromatic nitrogens is 1. The number of anilines is 1. The van der Waals surface area contributed by atoms with Crippen molar-refractivity contribution in [1.82, 2.24) is 10.3 Å². The fraction of sp³-hybridized carbons (Fsp3) is 0.700. The minimum Gasteiger partial charge on any atom is -0.477 e. The van der Waals surface area contributed by atoms with E-state index in [1.54, 1.807) is 0 Å². The maximum atomic E-state index is 11.0. The maximum Gasteiger partial charge on any atom is 0.218 e. The van der Waals surface area contributed by atoms with Gasteiger partial charge in [0.05, 0.1) is 19.3 Å². The van der Waals surface area contributed by atoms with Gasteiger partial charge in [-0.05, 0) is 51.5 Å². The first-order chi connectivity index (χ1) is 12.5. The van der Waals surface area contributed by atoms with Gasteiger partial charge in [0.25, 0.3) is 0 Å². The molecule has 0 bridgehead atoms. The lowest BCUT2D eigenvalue weighted by atomic mass is 9.83. The van der Waals surface area contributed by atoms with Gasteiger partial charge in [0.1, 0.15) is 0 Å². The van der Waals surface area contributed by atoms with Crippen LogP contribution >= 0.6 is 0 Å². The zero-order valence-electron chi connectivity index (χ0n) is 16.2. The second-order valence-electron chi connectivity index (χ2n) is 7.66. The van der Waals surface area contributed by atoms with Gasteiger partial charge in [0.2, 0.25) is 11.8 Å². The van der Waals surface area contributed by atoms with Gasteiger partial charge >= 0.3 is 0 Å². The van der Waals surface area contributed by atoms with Crippen molar-refractivity contribution in [2.45, 2.75) is 58.6 Å². The summed E-state index contributed by atoms with van der Waals surface area (Å²) in [7, 11) is 0. The molecule has 26 heavy (non-hydrogen) atoms. The van der Waals surface area contributed by atoms with E-state index in [0.717, 1.165) is 37.4 Å². The molecule has 1 atom stereocenters. The Labute approximate surface area is 156 Å². The number of amides is 1. The summed E-state index contributed by atoms with van der Waals surface area (Å²) >= 11 is 0. The number of carbonyl (C=O) groups excluding carboxylic acids is 1. The van der Waals surface area contributed by atoms with Gasteiger partial charge in [-0.2, -0.15) is 0 Å². The van der Waals surface area contributed by atoms with Gasteiger partial charge in [-0.15, -0.1) is 0 Å². The number of pyridine rings is 1. The molecule has 1 amide bonds. The fourth-order valence-electron chi connectivity index (χ4n) is 3.77. The monoisotopic (exact) mass is 361 g/mol. The van der Waals surface area contributed by atoms with Crippen molar-refractivity contribution in [3.05, 3.63) is 17.8 Å². The molecule has 0 unspecified atom stereocenters. The van der Waals surface area contributed by atoms with Gasteiger partial charge in [-0.1, -0.05) is 0 Å². The summed E-state index contributed by atoms with van der Waals surface area (Å²) < 4.78 is 11.9. The van der Waals surface area contributed by atoms with Gasteiger partial charge in [0.15, 0.2) is 0 Å². The van der Waals surface area contributed by atoms with Crippen molar-refractivity contribution in [1.29, 1.82) is 0 Å². The zero-order valence-corrected chi connectivity index (χ0v) is 16.2. The third-order valence-electron chi connectivity index (χ3n) is 5.26. The Morgan fingerprint density at radius 3 is 2.81 bits per heavy atom. The number of nitrogens with one attached hydrogen (secondary N) is 1. The Bertz CT molecular complexity index is 610. The summed E-state index contributed by atoms with van der Waals surface area (Å²) in [5, 5.41) is 2.84. The third-order valence-corrected chi connectivity index (χ3v) is 5.26. The molecule has 2 heterocycles. The highest BCUT2D eigenvalue weighted by Gasteiger charge is 2.31. The molecular formula is C20H31N3O3. The van der Waals surface area contributed by atoms with E-state index < -0.39 is 0 Å². The van der Waals surface area contributed by atoms with Crippen LogP contribution in [0.15, 0.2) is 12.3 Å². The van der Waals surface area contributed by atoms with Crippen LogP contribution < -0.4 is 15.0 Å². The number of nitrogens with zero attached hydrogens (tertiary/aromatic N) is 2. The molecule has 3 rings (SSSR count). The first-order valence-electron chi connectivity index (χ1n) is 9.75. The molecular weight excluding hydrogens is 330 g/mol. The largest absolute Gasteiger partial charge is 0.477 e. The molecule has 1 N–H and O–H groups in total. The summed E-state index contributed by atoms with van der Waals surface area (Å²) in [4.78, 5) is 17.8. The summed E-state index contributed by atoms with van der Waals surface area (Å²) in [6, 6.07) is 2.15. The summed E-state index contributed by atoms with van der Waals surface area (Å²) in [5.41, 5.74) is 2.40. The summed E-state index contributed by atoms with van der Waals surface area (Å²) in [6.45, 7) is 9.11. The highest BCUT2D eigenvalue weighted by atomic mass is 16.5. The first kappa shape index (κ1) is 19.0. The molecule has 0 radical (unpaired) electrons. The van der Waals surface area contributed by atoms with Crippen LogP contribution in [-0.2, 0) is 9.53 Å². The Hall–Kier alpha value is -1.82. The topological polar surface area (TPSA) is 63.7 Å².